The smallest absolute Gasteiger partial charge is 0.0413 e. The van der Waals surface area contributed by atoms with Gasteiger partial charge in [-0.1, -0.05) is 0 Å². The molecule has 0 aliphatic heterocycles. The van der Waals surface area contributed by atoms with E-state index in [2.05, 4.69) is 36.9 Å². The van der Waals surface area contributed by atoms with E-state index in [9.17, 15) is 0 Å². The van der Waals surface area contributed by atoms with Crippen LogP contribution in [0, 0.1) is 0 Å². The Hall–Kier alpha value is -0.160. The van der Waals surface area contributed by atoms with Crippen molar-refractivity contribution in [3.05, 3.63) is 0 Å². The Morgan fingerprint density at radius 3 is 1.92 bits per heavy atom. The minimum absolute atomic E-state index is 0.202. The summed E-state index contributed by atoms with van der Waals surface area (Å²) in [4.78, 5) is 0. The van der Waals surface area contributed by atoms with Gasteiger partial charge in [-0.3, -0.25) is 0 Å². The first-order valence-electron chi connectivity index (χ1n) is 4.37. The molecule has 0 rings (SSSR count). The van der Waals surface area contributed by atoms with Crippen LogP contribution in [0.1, 0.15) is 20.8 Å². The normalized spacial score (nSPS) is 12.5. The van der Waals surface area contributed by atoms with E-state index in [1.807, 2.05) is 19.2 Å². The van der Waals surface area contributed by atoms with E-state index < -0.39 is 0 Å². The fourth-order valence-corrected chi connectivity index (χ4v) is 0.878. The van der Waals surface area contributed by atoms with Crippen molar-refractivity contribution in [3.8, 4) is 0 Å². The molecule has 0 heterocycles. The van der Waals surface area contributed by atoms with E-state index in [-0.39, 0.29) is 5.54 Å². The fraction of sp³-hybridized carbons (Fsp3) is 1.00. The number of nitrogens with one attached hydrogen (secondary N) is 3. The molecule has 0 radical (unpaired) electrons. The molecule has 0 aliphatic rings. The summed E-state index contributed by atoms with van der Waals surface area (Å²) in [7, 11) is 3.79. The average Bonchev–Trinajstić information content (AvgIpc) is 1.96. The zero-order valence-corrected chi connectivity index (χ0v) is 8.86. The van der Waals surface area contributed by atoms with Crippen LogP contribution >= 0.6 is 0 Å². The zero-order chi connectivity index (χ0) is 9.61. The van der Waals surface area contributed by atoms with Crippen LogP contribution in [0.15, 0.2) is 0 Å². The van der Waals surface area contributed by atoms with Crippen molar-refractivity contribution in [1.82, 2.24) is 21.3 Å². The van der Waals surface area contributed by atoms with Crippen molar-refractivity contribution in [2.75, 3.05) is 27.2 Å². The third-order valence-electron chi connectivity index (χ3n) is 1.53. The van der Waals surface area contributed by atoms with Crippen molar-refractivity contribution < 1.29 is 0 Å². The Labute approximate surface area is 75.6 Å². The minimum Gasteiger partial charge on any atom is -0.311 e. The lowest BCUT2D eigenvalue weighted by atomic mass is 10.1. The van der Waals surface area contributed by atoms with Gasteiger partial charge in [0.15, 0.2) is 0 Å². The van der Waals surface area contributed by atoms with Gasteiger partial charge < -0.3 is 5.32 Å². The molecule has 0 amide bonds. The molecule has 0 unspecified atom stereocenters. The topological polar surface area (TPSA) is 39.3 Å². The summed E-state index contributed by atoms with van der Waals surface area (Å²) in [6.45, 7) is 8.39. The molecule has 0 aromatic rings. The second-order valence-corrected chi connectivity index (χ2v) is 3.78. The molecule has 4 heteroatoms. The molecule has 3 N–H and O–H groups in total. The maximum absolute atomic E-state index is 3.40. The third-order valence-corrected chi connectivity index (χ3v) is 1.53. The van der Waals surface area contributed by atoms with Crippen LogP contribution in [-0.4, -0.2) is 37.8 Å². The molecule has 0 spiro atoms. The quantitative estimate of drug-likeness (QED) is 0.511. The van der Waals surface area contributed by atoms with E-state index in [4.69, 9.17) is 0 Å². The van der Waals surface area contributed by atoms with Gasteiger partial charge in [-0.25, -0.2) is 10.9 Å². The lowest BCUT2D eigenvalue weighted by molar-refractivity contribution is 0.142. The number of rotatable bonds is 5. The molecule has 0 bridgehead atoms. The van der Waals surface area contributed by atoms with Gasteiger partial charge in [0.2, 0.25) is 0 Å². The predicted octanol–water partition coefficient (Wildman–Crippen LogP) is -0.0547. The van der Waals surface area contributed by atoms with Crippen molar-refractivity contribution >= 4 is 0 Å². The van der Waals surface area contributed by atoms with Gasteiger partial charge in [-0.05, 0) is 20.8 Å². The van der Waals surface area contributed by atoms with Crippen molar-refractivity contribution in [1.29, 1.82) is 0 Å². The molecular formula is C8H22N4. The second kappa shape index (κ2) is 5.48. The van der Waals surface area contributed by atoms with Crippen LogP contribution in [0.5, 0.6) is 0 Å². The lowest BCUT2D eigenvalue weighted by Crippen LogP contribution is -2.49. The highest BCUT2D eigenvalue weighted by atomic mass is 15.7. The van der Waals surface area contributed by atoms with Gasteiger partial charge in [-0.15, -0.1) is 0 Å². The first-order chi connectivity index (χ1) is 5.49. The number of hydrogen-bond donors (Lipinski definition) is 3. The Balaban J connectivity index is 3.41. The zero-order valence-electron chi connectivity index (χ0n) is 8.86. The highest BCUT2D eigenvalue weighted by Gasteiger charge is 2.08. The molecule has 0 saturated carbocycles. The molecule has 0 aromatic carbocycles. The van der Waals surface area contributed by atoms with Gasteiger partial charge in [0.25, 0.3) is 0 Å². The Kier molecular flexibility index (Phi) is 5.41. The van der Waals surface area contributed by atoms with Crippen LogP contribution in [0.3, 0.4) is 0 Å². The second-order valence-electron chi connectivity index (χ2n) is 3.78. The molecule has 0 aromatic heterocycles. The Morgan fingerprint density at radius 2 is 1.58 bits per heavy atom. The predicted molar refractivity (Wildman–Crippen MR) is 52.6 cm³/mol. The molecular weight excluding hydrogens is 152 g/mol. The van der Waals surface area contributed by atoms with E-state index in [1.165, 1.54) is 0 Å². The number of hydrazine groups is 2. The van der Waals surface area contributed by atoms with E-state index >= 15 is 0 Å². The molecule has 0 atom stereocenters. The van der Waals surface area contributed by atoms with Crippen LogP contribution in [0.4, 0.5) is 0 Å². The van der Waals surface area contributed by atoms with Gasteiger partial charge in [-0.2, -0.15) is 5.12 Å². The highest BCUT2D eigenvalue weighted by Crippen LogP contribution is 1.96. The summed E-state index contributed by atoms with van der Waals surface area (Å²) in [6, 6.07) is 0. The molecule has 0 saturated heterocycles. The standard InChI is InChI=1S/C8H22N4/c1-8(2,3)11-6-7-12(9-4)10-5/h9-11H,6-7H2,1-5H3. The highest BCUT2D eigenvalue weighted by molar-refractivity contribution is 4.70. The molecule has 0 aliphatic carbocycles. The third kappa shape index (κ3) is 6.54. The van der Waals surface area contributed by atoms with E-state index in [1.54, 1.807) is 0 Å². The molecule has 0 fully saturated rings. The van der Waals surface area contributed by atoms with Gasteiger partial charge in [0.05, 0.1) is 0 Å². The maximum atomic E-state index is 3.40. The van der Waals surface area contributed by atoms with Gasteiger partial charge in [0.1, 0.15) is 0 Å². The summed E-state index contributed by atoms with van der Waals surface area (Å²) in [5.74, 6) is 0. The first kappa shape index (κ1) is 11.8. The number of nitrogens with zero attached hydrogens (tertiary/aromatic N) is 1. The Morgan fingerprint density at radius 1 is 1.08 bits per heavy atom. The lowest BCUT2D eigenvalue weighted by Gasteiger charge is -2.24. The van der Waals surface area contributed by atoms with Crippen molar-refractivity contribution in [2.45, 2.75) is 26.3 Å². The summed E-state index contributed by atoms with van der Waals surface area (Å²) >= 11 is 0. The first-order valence-corrected chi connectivity index (χ1v) is 4.37. The van der Waals surface area contributed by atoms with Crippen LogP contribution in [-0.2, 0) is 0 Å². The summed E-state index contributed by atoms with van der Waals surface area (Å²) < 4.78 is 0. The molecule has 4 nitrogen and oxygen atoms in total. The van der Waals surface area contributed by atoms with E-state index in [0.29, 0.717) is 0 Å². The summed E-state index contributed by atoms with van der Waals surface area (Å²) in [6.07, 6.45) is 0. The van der Waals surface area contributed by atoms with Gasteiger partial charge in [0, 0.05) is 32.7 Å². The minimum atomic E-state index is 0.202. The van der Waals surface area contributed by atoms with E-state index in [0.717, 1.165) is 13.1 Å². The number of hydrogen-bond acceptors (Lipinski definition) is 4. The van der Waals surface area contributed by atoms with Crippen LogP contribution in [0.25, 0.3) is 0 Å². The van der Waals surface area contributed by atoms with Crippen LogP contribution in [0.2, 0.25) is 0 Å². The monoisotopic (exact) mass is 174 g/mol. The fourth-order valence-electron chi connectivity index (χ4n) is 0.878. The van der Waals surface area contributed by atoms with Crippen molar-refractivity contribution in [3.63, 3.8) is 0 Å². The van der Waals surface area contributed by atoms with Gasteiger partial charge >= 0.3 is 0 Å². The largest absolute Gasteiger partial charge is 0.311 e. The van der Waals surface area contributed by atoms with Crippen LogP contribution < -0.4 is 16.2 Å². The van der Waals surface area contributed by atoms with Crippen molar-refractivity contribution in [2.24, 2.45) is 0 Å². The Bertz CT molecular complexity index is 104. The average molecular weight is 174 g/mol. The summed E-state index contributed by atoms with van der Waals surface area (Å²) in [5.41, 5.74) is 6.24. The molecule has 12 heavy (non-hydrogen) atoms. The maximum Gasteiger partial charge on any atom is 0.0413 e. The molecule has 74 valence electrons. The SMILES string of the molecule is CNN(CCNC(C)(C)C)NC. The summed E-state index contributed by atoms with van der Waals surface area (Å²) in [5, 5.41) is 5.33.